The van der Waals surface area contributed by atoms with Crippen LogP contribution in [-0.2, 0) is 0 Å². The summed E-state index contributed by atoms with van der Waals surface area (Å²) in [4.78, 5) is 4.39. The van der Waals surface area contributed by atoms with Crippen LogP contribution in [0.1, 0.15) is 56.3 Å². The van der Waals surface area contributed by atoms with Crippen LogP contribution in [-0.4, -0.2) is 10.1 Å². The van der Waals surface area contributed by atoms with E-state index in [4.69, 9.17) is 10.3 Å². The van der Waals surface area contributed by atoms with Crippen LogP contribution in [0.5, 0.6) is 0 Å². The van der Waals surface area contributed by atoms with Gasteiger partial charge in [0.2, 0.25) is 5.89 Å². The second-order valence-electron chi connectivity index (χ2n) is 4.92. The van der Waals surface area contributed by atoms with Crippen LogP contribution in [0.3, 0.4) is 0 Å². The zero-order chi connectivity index (χ0) is 10.4. The zero-order valence-corrected chi connectivity index (χ0v) is 9.02. The maximum absolute atomic E-state index is 5.71. The van der Waals surface area contributed by atoms with E-state index in [1.807, 2.05) is 6.92 Å². The van der Waals surface area contributed by atoms with Crippen molar-refractivity contribution in [2.45, 2.75) is 44.6 Å². The number of hydrogen-bond acceptors (Lipinski definition) is 4. The lowest BCUT2D eigenvalue weighted by Crippen LogP contribution is -2.06. The second kappa shape index (κ2) is 3.30. The van der Waals surface area contributed by atoms with Crippen molar-refractivity contribution in [3.05, 3.63) is 11.7 Å². The largest absolute Gasteiger partial charge is 0.339 e. The molecule has 4 nitrogen and oxygen atoms in total. The molecule has 2 aliphatic rings. The monoisotopic (exact) mass is 207 g/mol. The van der Waals surface area contributed by atoms with Crippen LogP contribution >= 0.6 is 0 Å². The van der Waals surface area contributed by atoms with Crippen molar-refractivity contribution in [1.29, 1.82) is 0 Å². The molecule has 0 spiro atoms. The summed E-state index contributed by atoms with van der Waals surface area (Å²) in [6, 6.07) is -0.122. The van der Waals surface area contributed by atoms with Crippen molar-refractivity contribution in [3.63, 3.8) is 0 Å². The number of nitrogens with two attached hydrogens (primary N) is 1. The van der Waals surface area contributed by atoms with E-state index >= 15 is 0 Å². The van der Waals surface area contributed by atoms with Gasteiger partial charge in [-0.25, -0.2) is 0 Å². The molecule has 0 bridgehead atoms. The number of hydrogen-bond donors (Lipinski definition) is 1. The predicted octanol–water partition coefficient (Wildman–Crippen LogP) is 1.99. The first-order valence-corrected chi connectivity index (χ1v) is 5.86. The molecule has 0 aromatic carbocycles. The predicted molar refractivity (Wildman–Crippen MR) is 55.1 cm³/mol. The fourth-order valence-corrected chi connectivity index (χ4v) is 2.93. The Labute approximate surface area is 89.2 Å². The summed E-state index contributed by atoms with van der Waals surface area (Å²) in [6.45, 7) is 1.88. The third-order valence-electron chi connectivity index (χ3n) is 3.81. The standard InChI is InChI=1S/C11H17N3O/c1-6(12)10-13-11(15-14-10)9-7-4-2-3-5-8(7)9/h6-9H,2-5,12H2,1H3. The van der Waals surface area contributed by atoms with Gasteiger partial charge in [0, 0.05) is 5.92 Å². The third-order valence-corrected chi connectivity index (χ3v) is 3.81. The quantitative estimate of drug-likeness (QED) is 0.805. The lowest BCUT2D eigenvalue weighted by molar-refractivity contribution is 0.365. The van der Waals surface area contributed by atoms with Gasteiger partial charge in [0.25, 0.3) is 0 Å². The highest BCUT2D eigenvalue weighted by atomic mass is 16.5. The van der Waals surface area contributed by atoms with E-state index in [0.717, 1.165) is 17.7 Å². The summed E-state index contributed by atoms with van der Waals surface area (Å²) >= 11 is 0. The van der Waals surface area contributed by atoms with E-state index < -0.39 is 0 Å². The average Bonchev–Trinajstić information content (AvgIpc) is 2.75. The van der Waals surface area contributed by atoms with Crippen LogP contribution in [0.25, 0.3) is 0 Å². The summed E-state index contributed by atoms with van der Waals surface area (Å²) in [6.07, 6.45) is 5.41. The van der Waals surface area contributed by atoms with Crippen molar-refractivity contribution in [3.8, 4) is 0 Å². The van der Waals surface area contributed by atoms with Crippen LogP contribution in [0.15, 0.2) is 4.52 Å². The molecule has 15 heavy (non-hydrogen) atoms. The minimum Gasteiger partial charge on any atom is -0.339 e. The molecule has 82 valence electrons. The van der Waals surface area contributed by atoms with Crippen LogP contribution in [0, 0.1) is 11.8 Å². The van der Waals surface area contributed by atoms with Crippen molar-refractivity contribution < 1.29 is 4.52 Å². The van der Waals surface area contributed by atoms with Crippen molar-refractivity contribution in [2.75, 3.05) is 0 Å². The van der Waals surface area contributed by atoms with Gasteiger partial charge in [-0.2, -0.15) is 4.98 Å². The Balaban J connectivity index is 1.77. The Morgan fingerprint density at radius 1 is 1.33 bits per heavy atom. The molecule has 0 saturated heterocycles. The van der Waals surface area contributed by atoms with Gasteiger partial charge in [0.1, 0.15) is 0 Å². The lowest BCUT2D eigenvalue weighted by Gasteiger charge is -2.04. The summed E-state index contributed by atoms with van der Waals surface area (Å²) in [7, 11) is 0. The molecule has 3 rings (SSSR count). The van der Waals surface area contributed by atoms with E-state index in [2.05, 4.69) is 10.1 Å². The number of fused-ring (bicyclic) bond motifs is 1. The molecule has 0 amide bonds. The summed E-state index contributed by atoms with van der Waals surface area (Å²) in [5.74, 6) is 3.67. The van der Waals surface area contributed by atoms with Crippen molar-refractivity contribution in [2.24, 2.45) is 17.6 Å². The molecule has 3 unspecified atom stereocenters. The summed E-state index contributed by atoms with van der Waals surface area (Å²) in [5, 5.41) is 3.92. The third kappa shape index (κ3) is 1.47. The van der Waals surface area contributed by atoms with Crippen LogP contribution < -0.4 is 5.73 Å². The van der Waals surface area contributed by atoms with E-state index in [-0.39, 0.29) is 6.04 Å². The van der Waals surface area contributed by atoms with Gasteiger partial charge in [-0.3, -0.25) is 0 Å². The SMILES string of the molecule is CC(N)c1noc(C2C3CCCCC32)n1. The Morgan fingerprint density at radius 3 is 2.53 bits per heavy atom. The average molecular weight is 207 g/mol. The van der Waals surface area contributed by atoms with Gasteiger partial charge < -0.3 is 10.3 Å². The maximum atomic E-state index is 5.71. The fraction of sp³-hybridized carbons (Fsp3) is 0.818. The molecule has 2 N–H and O–H groups in total. The zero-order valence-electron chi connectivity index (χ0n) is 9.02. The van der Waals surface area contributed by atoms with Crippen LogP contribution in [0.4, 0.5) is 0 Å². The normalized spacial score (nSPS) is 36.0. The lowest BCUT2D eigenvalue weighted by atomic mass is 10.0. The Bertz CT molecular complexity index is 348. The molecular formula is C11H17N3O. The first kappa shape index (κ1) is 9.33. The molecule has 2 saturated carbocycles. The molecule has 1 aromatic rings. The first-order valence-electron chi connectivity index (χ1n) is 5.86. The number of nitrogens with zero attached hydrogens (tertiary/aromatic N) is 2. The van der Waals surface area contributed by atoms with Gasteiger partial charge in [-0.15, -0.1) is 0 Å². The maximum Gasteiger partial charge on any atom is 0.230 e. The summed E-state index contributed by atoms with van der Waals surface area (Å²) < 4.78 is 5.30. The molecule has 2 fully saturated rings. The molecule has 1 heterocycles. The molecular weight excluding hydrogens is 190 g/mol. The fourth-order valence-electron chi connectivity index (χ4n) is 2.93. The number of rotatable bonds is 2. The van der Waals surface area contributed by atoms with Gasteiger partial charge >= 0.3 is 0 Å². The first-order chi connectivity index (χ1) is 7.27. The van der Waals surface area contributed by atoms with Gasteiger partial charge in [-0.05, 0) is 31.6 Å². The molecule has 3 atom stereocenters. The Morgan fingerprint density at radius 2 is 2.00 bits per heavy atom. The van der Waals surface area contributed by atoms with Gasteiger partial charge in [-0.1, -0.05) is 18.0 Å². The van der Waals surface area contributed by atoms with E-state index in [9.17, 15) is 0 Å². The van der Waals surface area contributed by atoms with E-state index in [1.54, 1.807) is 0 Å². The second-order valence-corrected chi connectivity index (χ2v) is 4.92. The topological polar surface area (TPSA) is 64.9 Å². The van der Waals surface area contributed by atoms with Crippen molar-refractivity contribution >= 4 is 0 Å². The number of aromatic nitrogens is 2. The molecule has 1 aromatic heterocycles. The smallest absolute Gasteiger partial charge is 0.230 e. The van der Waals surface area contributed by atoms with E-state index in [1.165, 1.54) is 25.7 Å². The van der Waals surface area contributed by atoms with Gasteiger partial charge in [0.15, 0.2) is 5.82 Å². The van der Waals surface area contributed by atoms with E-state index in [0.29, 0.717) is 11.7 Å². The highest BCUT2D eigenvalue weighted by Gasteiger charge is 2.54. The van der Waals surface area contributed by atoms with Crippen LogP contribution in [0.2, 0.25) is 0 Å². The Hall–Kier alpha value is -0.900. The minimum atomic E-state index is -0.122. The van der Waals surface area contributed by atoms with Gasteiger partial charge in [0.05, 0.1) is 6.04 Å². The molecule has 2 aliphatic carbocycles. The minimum absolute atomic E-state index is 0.122. The molecule has 0 radical (unpaired) electrons. The molecule has 4 heteroatoms. The molecule has 0 aliphatic heterocycles. The highest BCUT2D eigenvalue weighted by Crippen LogP contribution is 2.60. The highest BCUT2D eigenvalue weighted by molar-refractivity contribution is 5.14. The van der Waals surface area contributed by atoms with Crippen molar-refractivity contribution in [1.82, 2.24) is 10.1 Å². The summed E-state index contributed by atoms with van der Waals surface area (Å²) in [5.41, 5.74) is 5.71. The Kier molecular flexibility index (Phi) is 2.06.